The number of hydrogen-bond acceptors (Lipinski definition) is 3. The lowest BCUT2D eigenvalue weighted by molar-refractivity contribution is -0.137. The van der Waals surface area contributed by atoms with E-state index in [0.717, 1.165) is 23.6 Å². The number of alkyl halides is 3. The summed E-state index contributed by atoms with van der Waals surface area (Å²) in [5.74, 6) is -0.722. The highest BCUT2D eigenvalue weighted by Crippen LogP contribution is 2.32. The van der Waals surface area contributed by atoms with Crippen molar-refractivity contribution in [1.82, 2.24) is 9.55 Å². The molecule has 2 heterocycles. The number of aryl methyl sites for hydroxylation is 1. The second-order valence-electron chi connectivity index (χ2n) is 7.08. The first-order chi connectivity index (χ1) is 15.1. The molecule has 0 unspecified atom stereocenters. The van der Waals surface area contributed by atoms with Crippen LogP contribution in [0.1, 0.15) is 15.9 Å². The van der Waals surface area contributed by atoms with Crippen LogP contribution in [0.3, 0.4) is 0 Å². The first kappa shape index (κ1) is 21.6. The van der Waals surface area contributed by atoms with Crippen LogP contribution in [0.2, 0.25) is 5.02 Å². The fraction of sp³-hybridized carbons (Fsp3) is 0.0870. The summed E-state index contributed by atoms with van der Waals surface area (Å²) in [6.07, 6.45) is -1.36. The van der Waals surface area contributed by atoms with Crippen LogP contribution in [0.4, 0.5) is 18.9 Å². The molecule has 2 aromatic carbocycles. The topological polar surface area (TPSA) is 64.0 Å². The number of aromatic nitrogens is 2. The average Bonchev–Trinajstić information content (AvgIpc) is 2.77. The minimum Gasteiger partial charge on any atom is -0.322 e. The number of nitrogens with one attached hydrogen (secondary N) is 1. The summed E-state index contributed by atoms with van der Waals surface area (Å²) in [5, 5.41) is 3.56. The van der Waals surface area contributed by atoms with E-state index in [1.165, 1.54) is 28.8 Å². The molecule has 0 fully saturated rings. The van der Waals surface area contributed by atoms with E-state index in [-0.39, 0.29) is 21.8 Å². The van der Waals surface area contributed by atoms with Crippen molar-refractivity contribution in [2.75, 3.05) is 5.32 Å². The number of anilines is 1. The molecule has 0 spiro atoms. The standard InChI is InChI=1S/C23H15ClF3N3O2/c1-30-20-7-8-28-12-14(20)10-18(22(30)32)17-11-16(5-6-19(17)24)29-21(31)13-3-2-4-15(9-13)23(25,26)27/h2-12H,1H3,(H,29,31). The van der Waals surface area contributed by atoms with Gasteiger partial charge in [0.25, 0.3) is 11.5 Å². The Morgan fingerprint density at radius 2 is 1.84 bits per heavy atom. The van der Waals surface area contributed by atoms with E-state index in [1.54, 1.807) is 31.6 Å². The summed E-state index contributed by atoms with van der Waals surface area (Å²) in [7, 11) is 1.63. The second kappa shape index (κ2) is 8.12. The van der Waals surface area contributed by atoms with Gasteiger partial charge in [0.1, 0.15) is 0 Å². The van der Waals surface area contributed by atoms with Gasteiger partial charge < -0.3 is 9.88 Å². The molecule has 0 aliphatic heterocycles. The molecule has 4 aromatic rings. The quantitative estimate of drug-likeness (QED) is 0.440. The Morgan fingerprint density at radius 3 is 2.59 bits per heavy atom. The van der Waals surface area contributed by atoms with Crippen molar-refractivity contribution in [2.45, 2.75) is 6.18 Å². The summed E-state index contributed by atoms with van der Waals surface area (Å²) in [4.78, 5) is 29.5. The second-order valence-corrected chi connectivity index (χ2v) is 7.49. The number of pyridine rings is 2. The van der Waals surface area contributed by atoms with Gasteiger partial charge in [0.2, 0.25) is 0 Å². The van der Waals surface area contributed by atoms with Crippen molar-refractivity contribution in [1.29, 1.82) is 0 Å². The average molecular weight is 458 g/mol. The van der Waals surface area contributed by atoms with E-state index in [2.05, 4.69) is 10.3 Å². The Kier molecular flexibility index (Phi) is 5.48. The number of nitrogens with zero attached hydrogens (tertiary/aromatic N) is 2. The van der Waals surface area contributed by atoms with Gasteiger partial charge >= 0.3 is 6.18 Å². The number of fused-ring (bicyclic) bond motifs is 1. The molecule has 2 aromatic heterocycles. The summed E-state index contributed by atoms with van der Waals surface area (Å²) in [6, 6.07) is 12.0. The van der Waals surface area contributed by atoms with Crippen molar-refractivity contribution in [2.24, 2.45) is 7.05 Å². The van der Waals surface area contributed by atoms with Crippen LogP contribution in [0, 0.1) is 0 Å². The maximum Gasteiger partial charge on any atom is 0.416 e. The van der Waals surface area contributed by atoms with Gasteiger partial charge in [-0.2, -0.15) is 13.2 Å². The van der Waals surface area contributed by atoms with Crippen LogP contribution < -0.4 is 10.9 Å². The lowest BCUT2D eigenvalue weighted by atomic mass is 10.0. The van der Waals surface area contributed by atoms with E-state index in [4.69, 9.17) is 11.6 Å². The van der Waals surface area contributed by atoms with Crippen LogP contribution in [-0.4, -0.2) is 15.5 Å². The molecule has 0 saturated carbocycles. The maximum atomic E-state index is 12.9. The molecule has 0 bridgehead atoms. The largest absolute Gasteiger partial charge is 0.416 e. The molecule has 5 nitrogen and oxygen atoms in total. The number of carbonyl (C=O) groups excluding carboxylic acids is 1. The van der Waals surface area contributed by atoms with Crippen LogP contribution in [0.25, 0.3) is 22.0 Å². The third kappa shape index (κ3) is 4.09. The third-order valence-corrected chi connectivity index (χ3v) is 5.32. The Balaban J connectivity index is 1.72. The van der Waals surface area contributed by atoms with E-state index in [9.17, 15) is 22.8 Å². The SMILES string of the molecule is Cn1c(=O)c(-c2cc(NC(=O)c3cccc(C(F)(F)F)c3)ccc2Cl)cc2cnccc21. The van der Waals surface area contributed by atoms with Gasteiger partial charge in [-0.15, -0.1) is 0 Å². The van der Waals surface area contributed by atoms with Crippen molar-refractivity contribution in [3.05, 3.63) is 93.5 Å². The van der Waals surface area contributed by atoms with Crippen LogP contribution in [0.5, 0.6) is 0 Å². The first-order valence-corrected chi connectivity index (χ1v) is 9.75. The van der Waals surface area contributed by atoms with Crippen LogP contribution in [0.15, 0.2) is 71.8 Å². The molecule has 0 aliphatic rings. The molecule has 0 atom stereocenters. The van der Waals surface area contributed by atoms with Crippen molar-refractivity contribution in [3.8, 4) is 11.1 Å². The third-order valence-electron chi connectivity index (χ3n) is 4.99. The lowest BCUT2D eigenvalue weighted by Gasteiger charge is -2.12. The zero-order valence-electron chi connectivity index (χ0n) is 16.6. The Bertz CT molecular complexity index is 1410. The van der Waals surface area contributed by atoms with Gasteiger partial charge in [0.05, 0.1) is 11.1 Å². The number of benzene rings is 2. The zero-order chi connectivity index (χ0) is 23.0. The lowest BCUT2D eigenvalue weighted by Crippen LogP contribution is -2.19. The number of carbonyl (C=O) groups is 1. The predicted molar refractivity (Wildman–Crippen MR) is 117 cm³/mol. The smallest absolute Gasteiger partial charge is 0.322 e. The number of amides is 1. The molecule has 4 rings (SSSR count). The van der Waals surface area contributed by atoms with Gasteiger partial charge in [-0.25, -0.2) is 0 Å². The summed E-state index contributed by atoms with van der Waals surface area (Å²) in [5.41, 5.74) is 0.276. The van der Waals surface area contributed by atoms with Crippen molar-refractivity contribution in [3.63, 3.8) is 0 Å². The molecule has 1 N–H and O–H groups in total. The van der Waals surface area contributed by atoms with E-state index in [0.29, 0.717) is 16.6 Å². The normalized spacial score (nSPS) is 11.5. The first-order valence-electron chi connectivity index (χ1n) is 9.37. The van der Waals surface area contributed by atoms with E-state index in [1.807, 2.05) is 0 Å². The number of hydrogen-bond donors (Lipinski definition) is 1. The number of rotatable bonds is 3. The molecular formula is C23H15ClF3N3O2. The molecular weight excluding hydrogens is 443 g/mol. The molecule has 0 radical (unpaired) electrons. The van der Waals surface area contributed by atoms with Crippen LogP contribution >= 0.6 is 11.6 Å². The fourth-order valence-electron chi connectivity index (χ4n) is 3.37. The number of halogens is 4. The minimum absolute atomic E-state index is 0.149. The Morgan fingerprint density at radius 1 is 1.06 bits per heavy atom. The van der Waals surface area contributed by atoms with Gasteiger partial charge in [0, 0.05) is 52.2 Å². The summed E-state index contributed by atoms with van der Waals surface area (Å²) >= 11 is 6.33. The van der Waals surface area contributed by atoms with Gasteiger partial charge in [-0.05, 0) is 48.5 Å². The Labute approximate surface area is 185 Å². The van der Waals surface area contributed by atoms with E-state index >= 15 is 0 Å². The predicted octanol–water partition coefficient (Wildman–Crippen LogP) is 5.53. The Hall–Kier alpha value is -3.65. The van der Waals surface area contributed by atoms with Crippen molar-refractivity contribution >= 4 is 34.1 Å². The monoisotopic (exact) mass is 457 g/mol. The minimum atomic E-state index is -4.56. The summed E-state index contributed by atoms with van der Waals surface area (Å²) in [6.45, 7) is 0. The van der Waals surface area contributed by atoms with E-state index < -0.39 is 17.6 Å². The fourth-order valence-corrected chi connectivity index (χ4v) is 3.59. The van der Waals surface area contributed by atoms with Crippen molar-refractivity contribution < 1.29 is 18.0 Å². The molecule has 0 aliphatic carbocycles. The highest BCUT2D eigenvalue weighted by Gasteiger charge is 2.30. The maximum absolute atomic E-state index is 12.9. The molecule has 162 valence electrons. The van der Waals surface area contributed by atoms with Gasteiger partial charge in [-0.1, -0.05) is 17.7 Å². The van der Waals surface area contributed by atoms with Gasteiger partial charge in [-0.3, -0.25) is 14.6 Å². The molecule has 9 heteroatoms. The van der Waals surface area contributed by atoms with Crippen LogP contribution in [-0.2, 0) is 13.2 Å². The molecule has 1 amide bonds. The molecule has 0 saturated heterocycles. The van der Waals surface area contributed by atoms with Gasteiger partial charge in [0.15, 0.2) is 0 Å². The molecule has 32 heavy (non-hydrogen) atoms. The summed E-state index contributed by atoms with van der Waals surface area (Å²) < 4.78 is 40.3. The zero-order valence-corrected chi connectivity index (χ0v) is 17.3. The highest BCUT2D eigenvalue weighted by atomic mass is 35.5. The highest BCUT2D eigenvalue weighted by molar-refractivity contribution is 6.33.